The van der Waals surface area contributed by atoms with Gasteiger partial charge in [-0.1, -0.05) is 12.1 Å². The molecule has 0 saturated carbocycles. The molecule has 2 aromatic heterocycles. The number of carbonyl (C=O) groups excluding carboxylic acids is 1. The molecule has 1 aliphatic rings. The molecule has 1 aromatic carbocycles. The van der Waals surface area contributed by atoms with Gasteiger partial charge in [-0.25, -0.2) is 15.0 Å². The highest BCUT2D eigenvalue weighted by molar-refractivity contribution is 5.92. The second-order valence-corrected chi connectivity index (χ2v) is 5.82. The fourth-order valence-corrected chi connectivity index (χ4v) is 3.12. The Labute approximate surface area is 144 Å². The molecule has 126 valence electrons. The molecule has 0 saturated heterocycles. The van der Waals surface area contributed by atoms with E-state index in [-0.39, 0.29) is 11.9 Å². The van der Waals surface area contributed by atoms with Crippen molar-refractivity contribution >= 4 is 5.91 Å². The van der Waals surface area contributed by atoms with Crippen molar-refractivity contribution < 1.29 is 9.53 Å². The van der Waals surface area contributed by atoms with Crippen LogP contribution in [0.4, 0.5) is 0 Å². The number of hydrogen-bond acceptors (Lipinski definition) is 5. The standard InChI is InChI=1S/C18H17N5O2/c1-25-14-4-2-3-13(9-14)16-10-22-8-7-20-17(22)11-23(16)18(24)15-5-6-19-12-21-15/h2-9,12,16H,10-11H2,1H3/t16-/m1/s1. The number of fused-ring (bicyclic) bond motifs is 1. The third-order valence-electron chi connectivity index (χ3n) is 4.40. The van der Waals surface area contributed by atoms with Crippen LogP contribution < -0.4 is 4.74 Å². The molecule has 0 unspecified atom stereocenters. The Hall–Kier alpha value is -3.22. The lowest BCUT2D eigenvalue weighted by atomic mass is 10.0. The molecule has 25 heavy (non-hydrogen) atoms. The van der Waals surface area contributed by atoms with Gasteiger partial charge in [0.05, 0.1) is 19.7 Å². The number of methoxy groups -OCH3 is 1. The summed E-state index contributed by atoms with van der Waals surface area (Å²) >= 11 is 0. The largest absolute Gasteiger partial charge is 0.497 e. The lowest BCUT2D eigenvalue weighted by Crippen LogP contribution is -2.41. The molecule has 0 fully saturated rings. The normalized spacial score (nSPS) is 16.4. The Morgan fingerprint density at radius 2 is 2.16 bits per heavy atom. The number of carbonyl (C=O) groups is 1. The second kappa shape index (κ2) is 6.35. The van der Waals surface area contributed by atoms with Gasteiger partial charge >= 0.3 is 0 Å². The van der Waals surface area contributed by atoms with Crippen LogP contribution in [0, 0.1) is 0 Å². The Morgan fingerprint density at radius 1 is 1.24 bits per heavy atom. The number of nitrogens with zero attached hydrogens (tertiary/aromatic N) is 5. The smallest absolute Gasteiger partial charge is 0.273 e. The monoisotopic (exact) mass is 335 g/mol. The van der Waals surface area contributed by atoms with E-state index in [9.17, 15) is 4.79 Å². The van der Waals surface area contributed by atoms with Gasteiger partial charge in [0.15, 0.2) is 0 Å². The molecule has 1 atom stereocenters. The summed E-state index contributed by atoms with van der Waals surface area (Å²) in [6.07, 6.45) is 6.66. The third-order valence-corrected chi connectivity index (χ3v) is 4.40. The predicted octanol–water partition coefficient (Wildman–Crippen LogP) is 2.08. The fourth-order valence-electron chi connectivity index (χ4n) is 3.12. The zero-order valence-electron chi connectivity index (χ0n) is 13.7. The van der Waals surface area contributed by atoms with Crippen LogP contribution >= 0.6 is 0 Å². The molecule has 0 bridgehead atoms. The first-order valence-corrected chi connectivity index (χ1v) is 7.97. The molecule has 7 heteroatoms. The first-order valence-electron chi connectivity index (χ1n) is 7.97. The van der Waals surface area contributed by atoms with Crippen LogP contribution in [0.1, 0.15) is 27.9 Å². The Kier molecular flexibility index (Phi) is 3.89. The Bertz CT molecular complexity index is 893. The molecule has 0 radical (unpaired) electrons. The maximum Gasteiger partial charge on any atom is 0.273 e. The predicted molar refractivity (Wildman–Crippen MR) is 89.9 cm³/mol. The molecular formula is C18H17N5O2. The molecule has 1 amide bonds. The lowest BCUT2D eigenvalue weighted by molar-refractivity contribution is 0.0577. The van der Waals surface area contributed by atoms with Crippen LogP contribution in [0.3, 0.4) is 0 Å². The van der Waals surface area contributed by atoms with E-state index >= 15 is 0 Å². The zero-order valence-corrected chi connectivity index (χ0v) is 13.7. The highest BCUT2D eigenvalue weighted by Gasteiger charge is 2.32. The van der Waals surface area contributed by atoms with E-state index in [4.69, 9.17) is 4.74 Å². The van der Waals surface area contributed by atoms with Crippen molar-refractivity contribution in [1.29, 1.82) is 0 Å². The van der Waals surface area contributed by atoms with Crippen molar-refractivity contribution in [3.8, 4) is 5.75 Å². The van der Waals surface area contributed by atoms with Crippen LogP contribution in [0.2, 0.25) is 0 Å². The van der Waals surface area contributed by atoms with Crippen LogP contribution in [-0.2, 0) is 13.1 Å². The summed E-state index contributed by atoms with van der Waals surface area (Å²) in [5, 5.41) is 0. The highest BCUT2D eigenvalue weighted by atomic mass is 16.5. The van der Waals surface area contributed by atoms with Gasteiger partial charge in [-0.2, -0.15) is 0 Å². The summed E-state index contributed by atoms with van der Waals surface area (Å²) in [6, 6.07) is 9.31. The van der Waals surface area contributed by atoms with E-state index in [0.717, 1.165) is 17.1 Å². The van der Waals surface area contributed by atoms with Gasteiger partial charge in [0.25, 0.3) is 5.91 Å². The van der Waals surface area contributed by atoms with E-state index in [0.29, 0.717) is 18.8 Å². The first-order chi connectivity index (χ1) is 12.3. The van der Waals surface area contributed by atoms with Crippen molar-refractivity contribution in [2.45, 2.75) is 19.1 Å². The van der Waals surface area contributed by atoms with Crippen LogP contribution in [0.15, 0.2) is 55.2 Å². The van der Waals surface area contributed by atoms with Gasteiger partial charge in [0, 0.05) is 25.1 Å². The van der Waals surface area contributed by atoms with Crippen molar-refractivity contribution in [2.75, 3.05) is 7.11 Å². The molecule has 1 aliphatic heterocycles. The van der Waals surface area contributed by atoms with E-state index < -0.39 is 0 Å². The number of rotatable bonds is 3. The Balaban J connectivity index is 1.74. The SMILES string of the molecule is COc1cccc([C@H]2Cn3ccnc3CN2C(=O)c2ccncn2)c1. The first kappa shape index (κ1) is 15.3. The summed E-state index contributed by atoms with van der Waals surface area (Å²) in [5.41, 5.74) is 1.39. The summed E-state index contributed by atoms with van der Waals surface area (Å²) in [4.78, 5) is 27.2. The van der Waals surface area contributed by atoms with Crippen molar-refractivity contribution in [3.05, 3.63) is 72.3 Å². The summed E-state index contributed by atoms with van der Waals surface area (Å²) in [7, 11) is 1.64. The van der Waals surface area contributed by atoms with Crippen molar-refractivity contribution in [1.82, 2.24) is 24.4 Å². The number of benzene rings is 1. The average Bonchev–Trinajstić information content (AvgIpc) is 3.14. The van der Waals surface area contributed by atoms with Crippen molar-refractivity contribution in [3.63, 3.8) is 0 Å². The topological polar surface area (TPSA) is 73.1 Å². The maximum atomic E-state index is 13.0. The molecule has 3 aromatic rings. The third kappa shape index (κ3) is 2.84. The van der Waals surface area contributed by atoms with Gasteiger partial charge < -0.3 is 14.2 Å². The number of aromatic nitrogens is 4. The second-order valence-electron chi connectivity index (χ2n) is 5.82. The molecule has 4 rings (SSSR count). The van der Waals surface area contributed by atoms with E-state index in [1.807, 2.05) is 30.5 Å². The van der Waals surface area contributed by atoms with Gasteiger partial charge in [-0.05, 0) is 23.8 Å². The van der Waals surface area contributed by atoms with Gasteiger partial charge in [-0.15, -0.1) is 0 Å². The summed E-state index contributed by atoms with van der Waals surface area (Å²) in [5.74, 6) is 1.49. The molecular weight excluding hydrogens is 318 g/mol. The minimum atomic E-state index is -0.135. The Morgan fingerprint density at radius 3 is 2.96 bits per heavy atom. The van der Waals surface area contributed by atoms with Crippen molar-refractivity contribution in [2.24, 2.45) is 0 Å². The van der Waals surface area contributed by atoms with Crippen LogP contribution in [-0.4, -0.2) is 37.4 Å². The minimum absolute atomic E-state index is 0.126. The zero-order chi connectivity index (χ0) is 17.2. The van der Waals surface area contributed by atoms with Gasteiger partial charge in [-0.3, -0.25) is 4.79 Å². The molecule has 0 aliphatic carbocycles. The van der Waals surface area contributed by atoms with E-state index in [1.165, 1.54) is 6.33 Å². The van der Waals surface area contributed by atoms with Gasteiger partial charge in [0.2, 0.25) is 0 Å². The number of hydrogen-bond donors (Lipinski definition) is 0. The lowest BCUT2D eigenvalue weighted by Gasteiger charge is -2.36. The van der Waals surface area contributed by atoms with E-state index in [2.05, 4.69) is 19.5 Å². The number of imidazole rings is 1. The highest BCUT2D eigenvalue weighted by Crippen LogP contribution is 2.31. The van der Waals surface area contributed by atoms with Gasteiger partial charge in [0.1, 0.15) is 23.6 Å². The molecule has 3 heterocycles. The minimum Gasteiger partial charge on any atom is -0.497 e. The van der Waals surface area contributed by atoms with E-state index in [1.54, 1.807) is 30.5 Å². The fraction of sp³-hybridized carbons (Fsp3) is 0.222. The number of ether oxygens (including phenoxy) is 1. The summed E-state index contributed by atoms with van der Waals surface area (Å²) in [6.45, 7) is 1.07. The van der Waals surface area contributed by atoms with Crippen LogP contribution in [0.25, 0.3) is 0 Å². The quantitative estimate of drug-likeness (QED) is 0.733. The number of amides is 1. The average molecular weight is 335 g/mol. The molecule has 0 N–H and O–H groups in total. The van der Waals surface area contributed by atoms with Crippen LogP contribution in [0.5, 0.6) is 5.75 Å². The molecule has 7 nitrogen and oxygen atoms in total. The molecule has 0 spiro atoms. The maximum absolute atomic E-state index is 13.0. The summed E-state index contributed by atoms with van der Waals surface area (Å²) < 4.78 is 7.41.